The van der Waals surface area contributed by atoms with E-state index in [9.17, 15) is 0 Å². The Bertz CT molecular complexity index is 316. The van der Waals surface area contributed by atoms with E-state index in [-0.39, 0.29) is 12.7 Å². The van der Waals surface area contributed by atoms with Crippen LogP contribution < -0.4 is 0 Å². The molecule has 1 aromatic carbocycles. The molecular weight excluding hydrogens is 204 g/mol. The van der Waals surface area contributed by atoms with Gasteiger partial charge in [-0.25, -0.2) is 0 Å². The minimum atomic E-state index is -0.444. The van der Waals surface area contributed by atoms with E-state index in [1.807, 2.05) is 18.2 Å². The molecule has 1 heterocycles. The molecule has 1 aliphatic rings. The van der Waals surface area contributed by atoms with Crippen molar-refractivity contribution in [3.8, 4) is 0 Å². The van der Waals surface area contributed by atoms with Crippen molar-refractivity contribution in [2.75, 3.05) is 13.2 Å². The van der Waals surface area contributed by atoms with E-state index in [0.717, 1.165) is 5.56 Å². The number of hydrogen-bond donors (Lipinski definition) is 1. The van der Waals surface area contributed by atoms with E-state index in [0.29, 0.717) is 11.6 Å². The normalized spacial score (nSPS) is 26.7. The highest BCUT2D eigenvalue weighted by molar-refractivity contribution is 6.31. The summed E-state index contributed by atoms with van der Waals surface area (Å²) in [5.74, 6) is 0. The van der Waals surface area contributed by atoms with Gasteiger partial charge in [-0.2, -0.15) is 0 Å². The second kappa shape index (κ2) is 4.28. The molecule has 1 fully saturated rings. The van der Waals surface area contributed by atoms with Crippen LogP contribution in [0.2, 0.25) is 5.02 Å². The van der Waals surface area contributed by atoms with Crippen LogP contribution in [0.3, 0.4) is 0 Å². The molecule has 0 radical (unpaired) electrons. The molecule has 1 saturated heterocycles. The van der Waals surface area contributed by atoms with Crippen molar-refractivity contribution in [2.24, 2.45) is 0 Å². The number of ether oxygens (including phenoxy) is 2. The van der Waals surface area contributed by atoms with Gasteiger partial charge in [0, 0.05) is 10.6 Å². The third-order valence-electron chi connectivity index (χ3n) is 2.11. The average Bonchev–Trinajstić information content (AvgIpc) is 2.67. The van der Waals surface area contributed by atoms with Crippen LogP contribution in [0.5, 0.6) is 0 Å². The van der Waals surface area contributed by atoms with Gasteiger partial charge in [0.15, 0.2) is 6.29 Å². The third-order valence-corrected chi connectivity index (χ3v) is 2.46. The Morgan fingerprint density at radius 1 is 1.43 bits per heavy atom. The Kier molecular flexibility index (Phi) is 3.03. The monoisotopic (exact) mass is 214 g/mol. The number of benzene rings is 1. The maximum Gasteiger partial charge on any atom is 0.185 e. The van der Waals surface area contributed by atoms with Crippen LogP contribution in [0, 0.1) is 0 Å². The van der Waals surface area contributed by atoms with Crippen molar-refractivity contribution in [2.45, 2.75) is 12.4 Å². The van der Waals surface area contributed by atoms with Crippen LogP contribution >= 0.6 is 11.6 Å². The van der Waals surface area contributed by atoms with E-state index in [1.165, 1.54) is 0 Å². The molecule has 1 aromatic rings. The smallest absolute Gasteiger partial charge is 0.185 e. The first-order valence-corrected chi connectivity index (χ1v) is 4.81. The van der Waals surface area contributed by atoms with Gasteiger partial charge in [-0.3, -0.25) is 0 Å². The van der Waals surface area contributed by atoms with Crippen LogP contribution in [0.4, 0.5) is 0 Å². The Morgan fingerprint density at radius 3 is 2.86 bits per heavy atom. The van der Waals surface area contributed by atoms with Crippen LogP contribution in [0.1, 0.15) is 11.9 Å². The summed E-state index contributed by atoms with van der Waals surface area (Å²) in [5, 5.41) is 9.48. The molecule has 0 bridgehead atoms. The predicted molar refractivity (Wildman–Crippen MR) is 52.1 cm³/mol. The Hall–Kier alpha value is -0.610. The van der Waals surface area contributed by atoms with Crippen LogP contribution in [0.15, 0.2) is 24.3 Å². The van der Waals surface area contributed by atoms with Crippen molar-refractivity contribution in [1.82, 2.24) is 0 Å². The van der Waals surface area contributed by atoms with E-state index in [2.05, 4.69) is 0 Å². The van der Waals surface area contributed by atoms with Crippen LogP contribution in [-0.2, 0) is 9.47 Å². The lowest BCUT2D eigenvalue weighted by Crippen LogP contribution is -2.14. The first-order valence-electron chi connectivity index (χ1n) is 4.43. The first-order chi connectivity index (χ1) is 6.81. The van der Waals surface area contributed by atoms with Crippen molar-refractivity contribution in [3.05, 3.63) is 34.9 Å². The summed E-state index contributed by atoms with van der Waals surface area (Å²) < 4.78 is 10.8. The fraction of sp³-hybridized carbons (Fsp3) is 0.400. The predicted octanol–water partition coefficient (Wildman–Crippen LogP) is 1.75. The minimum absolute atomic E-state index is 0.0268. The van der Waals surface area contributed by atoms with E-state index >= 15 is 0 Å². The lowest BCUT2D eigenvalue weighted by Gasteiger charge is -2.11. The van der Waals surface area contributed by atoms with Gasteiger partial charge >= 0.3 is 0 Å². The molecule has 0 saturated carbocycles. The van der Waals surface area contributed by atoms with Gasteiger partial charge in [0.2, 0.25) is 0 Å². The molecule has 3 nitrogen and oxygen atoms in total. The molecule has 0 aromatic heterocycles. The zero-order valence-electron chi connectivity index (χ0n) is 7.52. The Morgan fingerprint density at radius 2 is 2.21 bits per heavy atom. The van der Waals surface area contributed by atoms with Gasteiger partial charge < -0.3 is 14.6 Å². The summed E-state index contributed by atoms with van der Waals surface area (Å²) in [6, 6.07) is 7.37. The minimum Gasteiger partial charge on any atom is -0.394 e. The third kappa shape index (κ3) is 1.91. The summed E-state index contributed by atoms with van der Waals surface area (Å²) in [6.07, 6.45) is -0.683. The molecule has 0 spiro atoms. The summed E-state index contributed by atoms with van der Waals surface area (Å²) in [7, 11) is 0. The molecule has 1 N–H and O–H groups in total. The highest BCUT2D eigenvalue weighted by Crippen LogP contribution is 2.31. The van der Waals surface area contributed by atoms with Gasteiger partial charge in [0.25, 0.3) is 0 Å². The highest BCUT2D eigenvalue weighted by Gasteiger charge is 2.27. The number of aliphatic hydroxyl groups excluding tert-OH is 1. The molecule has 0 aliphatic carbocycles. The molecule has 0 amide bonds. The van der Waals surface area contributed by atoms with Gasteiger partial charge in [0.1, 0.15) is 6.10 Å². The SMILES string of the molecule is OCC1COC(c2ccccc2Cl)O1. The molecule has 2 unspecified atom stereocenters. The topological polar surface area (TPSA) is 38.7 Å². The fourth-order valence-electron chi connectivity index (χ4n) is 1.37. The molecular formula is C10H11ClO3. The number of rotatable bonds is 2. The van der Waals surface area contributed by atoms with E-state index < -0.39 is 6.29 Å². The number of halogens is 1. The van der Waals surface area contributed by atoms with Crippen molar-refractivity contribution in [3.63, 3.8) is 0 Å². The lowest BCUT2D eigenvalue weighted by molar-refractivity contribution is -0.0675. The molecule has 4 heteroatoms. The standard InChI is InChI=1S/C10H11ClO3/c11-9-4-2-1-3-8(9)10-13-6-7(5-12)14-10/h1-4,7,10,12H,5-6H2. The maximum absolute atomic E-state index is 8.86. The maximum atomic E-state index is 8.86. The van der Waals surface area contributed by atoms with Gasteiger partial charge in [-0.05, 0) is 6.07 Å². The number of aliphatic hydroxyl groups is 1. The lowest BCUT2D eigenvalue weighted by atomic mass is 10.2. The van der Waals surface area contributed by atoms with Crippen LogP contribution in [-0.4, -0.2) is 24.4 Å². The van der Waals surface area contributed by atoms with Crippen LogP contribution in [0.25, 0.3) is 0 Å². The summed E-state index contributed by atoms with van der Waals surface area (Å²) in [6.45, 7) is 0.382. The van der Waals surface area contributed by atoms with Gasteiger partial charge in [0.05, 0.1) is 13.2 Å². The summed E-state index contributed by atoms with van der Waals surface area (Å²) >= 11 is 5.97. The van der Waals surface area contributed by atoms with Gasteiger partial charge in [-0.1, -0.05) is 29.8 Å². The van der Waals surface area contributed by atoms with E-state index in [4.69, 9.17) is 26.2 Å². The van der Waals surface area contributed by atoms with Crippen molar-refractivity contribution < 1.29 is 14.6 Å². The molecule has 76 valence electrons. The Balaban J connectivity index is 2.13. The molecule has 2 rings (SSSR count). The second-order valence-corrected chi connectivity index (χ2v) is 3.53. The zero-order valence-corrected chi connectivity index (χ0v) is 8.28. The fourth-order valence-corrected chi connectivity index (χ4v) is 1.60. The molecule has 2 atom stereocenters. The highest BCUT2D eigenvalue weighted by atomic mass is 35.5. The quantitative estimate of drug-likeness (QED) is 0.815. The molecule has 1 aliphatic heterocycles. The van der Waals surface area contributed by atoms with E-state index in [1.54, 1.807) is 6.07 Å². The largest absolute Gasteiger partial charge is 0.394 e. The summed E-state index contributed by atoms with van der Waals surface area (Å²) in [4.78, 5) is 0. The number of hydrogen-bond acceptors (Lipinski definition) is 3. The van der Waals surface area contributed by atoms with Crippen molar-refractivity contribution >= 4 is 11.6 Å². The second-order valence-electron chi connectivity index (χ2n) is 3.13. The van der Waals surface area contributed by atoms with Crippen molar-refractivity contribution in [1.29, 1.82) is 0 Å². The molecule has 14 heavy (non-hydrogen) atoms. The summed E-state index contributed by atoms with van der Waals surface area (Å²) in [5.41, 5.74) is 0.810. The zero-order chi connectivity index (χ0) is 9.97. The average molecular weight is 215 g/mol. The van der Waals surface area contributed by atoms with Gasteiger partial charge in [-0.15, -0.1) is 0 Å². The first kappa shape index (κ1) is 9.93. The Labute approximate surface area is 87.2 Å².